The minimum Gasteiger partial charge on any atom is -0.497 e. The van der Waals surface area contributed by atoms with E-state index in [9.17, 15) is 0 Å². The van der Waals surface area contributed by atoms with Crippen molar-refractivity contribution in [3.8, 4) is 11.5 Å². The highest BCUT2D eigenvalue weighted by Gasteiger charge is 2.13. The van der Waals surface area contributed by atoms with Crippen LogP contribution < -0.4 is 20.1 Å². The van der Waals surface area contributed by atoms with Crippen LogP contribution in [0.25, 0.3) is 0 Å². The molecule has 0 aromatic heterocycles. The summed E-state index contributed by atoms with van der Waals surface area (Å²) in [6.45, 7) is 2.01. The number of ether oxygens (including phenoxy) is 2. The van der Waals surface area contributed by atoms with E-state index in [1.54, 1.807) is 21.3 Å². The number of hydrogen-bond donors (Lipinski definition) is 2. The molecule has 17 heavy (non-hydrogen) atoms. The Morgan fingerprint density at radius 2 is 2.00 bits per heavy atom. The molecule has 0 saturated heterocycles. The van der Waals surface area contributed by atoms with Gasteiger partial charge in [-0.2, -0.15) is 0 Å². The van der Waals surface area contributed by atoms with Gasteiger partial charge < -0.3 is 20.1 Å². The number of hydrogen-bond acceptors (Lipinski definition) is 3. The minimum absolute atomic E-state index is 0.0417. The minimum atomic E-state index is 0.0417. The molecule has 0 amide bonds. The number of rotatable bonds is 4. The average Bonchev–Trinajstić information content (AvgIpc) is 2.37. The zero-order valence-electron chi connectivity index (χ0n) is 10.5. The zero-order chi connectivity index (χ0) is 12.8. The van der Waals surface area contributed by atoms with Crippen LogP contribution in [0.2, 0.25) is 0 Å². The van der Waals surface area contributed by atoms with Crippen molar-refractivity contribution in [3.63, 3.8) is 0 Å². The highest BCUT2D eigenvalue weighted by Crippen LogP contribution is 2.29. The van der Waals surface area contributed by atoms with Crippen LogP contribution in [-0.2, 0) is 0 Å². The van der Waals surface area contributed by atoms with E-state index in [0.29, 0.717) is 5.11 Å². The van der Waals surface area contributed by atoms with Crippen molar-refractivity contribution in [2.24, 2.45) is 0 Å². The number of nitrogens with one attached hydrogen (secondary N) is 2. The van der Waals surface area contributed by atoms with E-state index in [4.69, 9.17) is 21.7 Å². The summed E-state index contributed by atoms with van der Waals surface area (Å²) >= 11 is 5.08. The van der Waals surface area contributed by atoms with Crippen LogP contribution in [-0.4, -0.2) is 26.4 Å². The Morgan fingerprint density at radius 1 is 1.29 bits per heavy atom. The molecule has 0 heterocycles. The van der Waals surface area contributed by atoms with Crippen molar-refractivity contribution in [1.29, 1.82) is 0 Å². The summed E-state index contributed by atoms with van der Waals surface area (Å²) in [6.07, 6.45) is 0. The lowest BCUT2D eigenvalue weighted by molar-refractivity contribution is 0.395. The summed E-state index contributed by atoms with van der Waals surface area (Å²) in [4.78, 5) is 0. The van der Waals surface area contributed by atoms with E-state index in [0.717, 1.165) is 17.1 Å². The number of thiocarbonyl (C=S) groups is 1. The molecular weight excluding hydrogens is 236 g/mol. The van der Waals surface area contributed by atoms with E-state index in [-0.39, 0.29) is 6.04 Å². The Balaban J connectivity index is 2.96. The molecule has 0 aliphatic heterocycles. The molecule has 94 valence electrons. The molecule has 5 heteroatoms. The fourth-order valence-corrected chi connectivity index (χ4v) is 1.70. The average molecular weight is 254 g/mol. The lowest BCUT2D eigenvalue weighted by Crippen LogP contribution is -2.34. The van der Waals surface area contributed by atoms with E-state index >= 15 is 0 Å². The van der Waals surface area contributed by atoms with Gasteiger partial charge in [0, 0.05) is 12.6 Å². The quantitative estimate of drug-likeness (QED) is 0.803. The van der Waals surface area contributed by atoms with Crippen molar-refractivity contribution in [3.05, 3.63) is 23.8 Å². The summed E-state index contributed by atoms with van der Waals surface area (Å²) in [7, 11) is 5.07. The molecule has 1 aromatic carbocycles. The van der Waals surface area contributed by atoms with Crippen molar-refractivity contribution in [2.45, 2.75) is 13.0 Å². The lowest BCUT2D eigenvalue weighted by atomic mass is 10.1. The van der Waals surface area contributed by atoms with Crippen LogP contribution in [0.3, 0.4) is 0 Å². The van der Waals surface area contributed by atoms with Crippen molar-refractivity contribution < 1.29 is 9.47 Å². The second-order valence-electron chi connectivity index (χ2n) is 3.55. The van der Waals surface area contributed by atoms with Crippen LogP contribution in [0, 0.1) is 0 Å². The van der Waals surface area contributed by atoms with Crippen molar-refractivity contribution >= 4 is 17.3 Å². The van der Waals surface area contributed by atoms with E-state index in [1.807, 2.05) is 25.1 Å². The van der Waals surface area contributed by atoms with Crippen molar-refractivity contribution in [2.75, 3.05) is 21.3 Å². The van der Waals surface area contributed by atoms with E-state index in [1.165, 1.54) is 0 Å². The summed E-state index contributed by atoms with van der Waals surface area (Å²) in [5, 5.41) is 6.64. The summed E-state index contributed by atoms with van der Waals surface area (Å²) < 4.78 is 10.5. The first-order valence-corrected chi connectivity index (χ1v) is 5.73. The second kappa shape index (κ2) is 6.30. The summed E-state index contributed by atoms with van der Waals surface area (Å²) in [5.74, 6) is 1.61. The van der Waals surface area contributed by atoms with Gasteiger partial charge in [0.1, 0.15) is 11.5 Å². The Hall–Kier alpha value is -1.49. The van der Waals surface area contributed by atoms with Crippen LogP contribution in [0.4, 0.5) is 0 Å². The third-order valence-electron chi connectivity index (χ3n) is 2.48. The van der Waals surface area contributed by atoms with Gasteiger partial charge in [-0.15, -0.1) is 0 Å². The van der Waals surface area contributed by atoms with Gasteiger partial charge in [-0.1, -0.05) is 0 Å². The summed E-state index contributed by atoms with van der Waals surface area (Å²) in [5.41, 5.74) is 1.00. The normalized spacial score (nSPS) is 11.5. The van der Waals surface area contributed by atoms with Gasteiger partial charge in [-0.05, 0) is 37.3 Å². The smallest absolute Gasteiger partial charge is 0.166 e. The molecular formula is C12H18N2O2S. The van der Waals surface area contributed by atoms with Gasteiger partial charge >= 0.3 is 0 Å². The maximum Gasteiger partial charge on any atom is 0.166 e. The highest BCUT2D eigenvalue weighted by atomic mass is 32.1. The first-order chi connectivity index (χ1) is 8.12. The number of methoxy groups -OCH3 is 2. The molecule has 0 radical (unpaired) electrons. The van der Waals surface area contributed by atoms with Gasteiger partial charge in [0.05, 0.1) is 20.3 Å². The van der Waals surface area contributed by atoms with Crippen LogP contribution >= 0.6 is 12.2 Å². The highest BCUT2D eigenvalue weighted by molar-refractivity contribution is 7.80. The molecule has 4 nitrogen and oxygen atoms in total. The second-order valence-corrected chi connectivity index (χ2v) is 3.96. The lowest BCUT2D eigenvalue weighted by Gasteiger charge is -2.19. The zero-order valence-corrected chi connectivity index (χ0v) is 11.4. The maximum atomic E-state index is 5.32. The monoisotopic (exact) mass is 254 g/mol. The summed E-state index contributed by atoms with van der Waals surface area (Å²) in [6, 6.07) is 5.73. The largest absolute Gasteiger partial charge is 0.497 e. The molecule has 1 rings (SSSR count). The molecule has 0 spiro atoms. The SMILES string of the molecule is CNC(=S)NC(C)c1cc(OC)ccc1OC. The van der Waals surface area contributed by atoms with Crippen LogP contribution in [0.1, 0.15) is 18.5 Å². The Kier molecular flexibility index (Phi) is 5.03. The molecule has 1 unspecified atom stereocenters. The van der Waals surface area contributed by atoms with Crippen molar-refractivity contribution in [1.82, 2.24) is 10.6 Å². The Morgan fingerprint density at radius 3 is 2.53 bits per heavy atom. The molecule has 0 aliphatic rings. The molecule has 1 atom stereocenters. The van der Waals surface area contributed by atoms with Gasteiger partial charge in [0.15, 0.2) is 5.11 Å². The van der Waals surface area contributed by atoms with Gasteiger partial charge in [0.25, 0.3) is 0 Å². The van der Waals surface area contributed by atoms with Crippen LogP contribution in [0.5, 0.6) is 11.5 Å². The molecule has 0 saturated carbocycles. The topological polar surface area (TPSA) is 42.5 Å². The first-order valence-electron chi connectivity index (χ1n) is 5.32. The predicted molar refractivity (Wildman–Crippen MR) is 72.8 cm³/mol. The first kappa shape index (κ1) is 13.6. The fraction of sp³-hybridized carbons (Fsp3) is 0.417. The standard InChI is InChI=1S/C12H18N2O2S/c1-8(14-12(17)13-2)10-7-9(15-3)5-6-11(10)16-4/h5-8H,1-4H3,(H2,13,14,17). The van der Waals surface area contributed by atoms with Gasteiger partial charge in [-0.3, -0.25) is 0 Å². The van der Waals surface area contributed by atoms with Gasteiger partial charge in [-0.25, -0.2) is 0 Å². The molecule has 0 fully saturated rings. The third kappa shape index (κ3) is 3.49. The fourth-order valence-electron chi connectivity index (χ4n) is 1.52. The van der Waals surface area contributed by atoms with Crippen LogP contribution in [0.15, 0.2) is 18.2 Å². The maximum absolute atomic E-state index is 5.32. The predicted octanol–water partition coefficient (Wildman–Crippen LogP) is 1.86. The third-order valence-corrected chi connectivity index (χ3v) is 2.80. The van der Waals surface area contributed by atoms with E-state index < -0.39 is 0 Å². The Bertz CT molecular complexity index is 396. The van der Waals surface area contributed by atoms with Gasteiger partial charge in [0.2, 0.25) is 0 Å². The number of benzene rings is 1. The molecule has 1 aromatic rings. The Labute approximate surface area is 107 Å². The molecule has 0 aliphatic carbocycles. The molecule has 2 N–H and O–H groups in total. The van der Waals surface area contributed by atoms with E-state index in [2.05, 4.69) is 10.6 Å². The molecule has 0 bridgehead atoms.